The molecule has 0 bridgehead atoms. The molecule has 1 aromatic heterocycles. The van der Waals surface area contributed by atoms with Gasteiger partial charge in [-0.25, -0.2) is 4.79 Å². The van der Waals surface area contributed by atoms with Gasteiger partial charge in [-0.15, -0.1) is 0 Å². The summed E-state index contributed by atoms with van der Waals surface area (Å²) >= 11 is 0. The van der Waals surface area contributed by atoms with Gasteiger partial charge in [-0.3, -0.25) is 4.79 Å². The topological polar surface area (TPSA) is 71.3 Å². The predicted molar refractivity (Wildman–Crippen MR) is 81.1 cm³/mol. The van der Waals surface area contributed by atoms with Crippen LogP contribution >= 0.6 is 0 Å². The van der Waals surface area contributed by atoms with Gasteiger partial charge >= 0.3 is 5.97 Å². The molecule has 0 aliphatic heterocycles. The van der Waals surface area contributed by atoms with E-state index in [2.05, 4.69) is 5.32 Å². The fourth-order valence-electron chi connectivity index (χ4n) is 2.53. The Morgan fingerprint density at radius 3 is 2.71 bits per heavy atom. The molecule has 2 rings (SSSR count). The zero-order valence-corrected chi connectivity index (χ0v) is 12.3. The summed E-state index contributed by atoms with van der Waals surface area (Å²) in [5.41, 5.74) is 1.97. The zero-order valence-electron chi connectivity index (χ0n) is 12.3. The number of carbonyl (C=O) groups is 2. The van der Waals surface area contributed by atoms with Crippen molar-refractivity contribution < 1.29 is 14.7 Å². The number of amides is 1. The van der Waals surface area contributed by atoms with Crippen molar-refractivity contribution >= 4 is 22.8 Å². The van der Waals surface area contributed by atoms with Gasteiger partial charge in [0.1, 0.15) is 6.04 Å². The summed E-state index contributed by atoms with van der Waals surface area (Å²) < 4.78 is 1.97. The maximum absolute atomic E-state index is 12.1. The molecule has 1 heterocycles. The molecule has 0 spiro atoms. The monoisotopic (exact) mass is 288 g/mol. The average Bonchev–Trinajstić information content (AvgIpc) is 2.75. The Morgan fingerprint density at radius 2 is 2.05 bits per heavy atom. The minimum absolute atomic E-state index is 0.189. The van der Waals surface area contributed by atoms with E-state index in [1.807, 2.05) is 49.0 Å². The van der Waals surface area contributed by atoms with Crippen molar-refractivity contribution in [3.05, 3.63) is 36.0 Å². The van der Waals surface area contributed by atoms with E-state index >= 15 is 0 Å². The maximum Gasteiger partial charge on any atom is 0.326 e. The van der Waals surface area contributed by atoms with Gasteiger partial charge < -0.3 is 15.0 Å². The van der Waals surface area contributed by atoms with E-state index in [1.165, 1.54) is 0 Å². The summed E-state index contributed by atoms with van der Waals surface area (Å²) in [4.78, 5) is 23.1. The molecule has 21 heavy (non-hydrogen) atoms. The van der Waals surface area contributed by atoms with E-state index in [1.54, 1.807) is 0 Å². The number of aryl methyl sites for hydroxylation is 1. The van der Waals surface area contributed by atoms with E-state index in [0.29, 0.717) is 12.8 Å². The average molecular weight is 288 g/mol. The first-order chi connectivity index (χ1) is 10.0. The number of carboxylic acid groups (broad SMARTS) is 1. The third kappa shape index (κ3) is 3.42. The lowest BCUT2D eigenvalue weighted by atomic mass is 10.1. The zero-order chi connectivity index (χ0) is 15.4. The molecular weight excluding hydrogens is 268 g/mol. The first-order valence-electron chi connectivity index (χ1n) is 7.08. The molecular formula is C16H20N2O3. The number of nitrogens with one attached hydrogen (secondary N) is 1. The second-order valence-electron chi connectivity index (χ2n) is 5.21. The number of nitrogens with zero attached hydrogens (tertiary/aromatic N) is 1. The summed E-state index contributed by atoms with van der Waals surface area (Å²) in [5.74, 6) is -1.24. The van der Waals surface area contributed by atoms with E-state index in [9.17, 15) is 9.59 Å². The Kier molecular flexibility index (Phi) is 4.62. The summed E-state index contributed by atoms with van der Waals surface area (Å²) in [5, 5.41) is 12.7. The molecule has 0 saturated carbocycles. The number of aliphatic carboxylic acids is 1. The lowest BCUT2D eigenvalue weighted by molar-refractivity contribution is -0.141. The van der Waals surface area contributed by atoms with Crippen molar-refractivity contribution in [3.8, 4) is 0 Å². The lowest BCUT2D eigenvalue weighted by Gasteiger charge is -2.13. The maximum atomic E-state index is 12.1. The molecule has 2 aromatic rings. The van der Waals surface area contributed by atoms with Gasteiger partial charge in [0.15, 0.2) is 0 Å². The normalized spacial score (nSPS) is 12.3. The summed E-state index contributed by atoms with van der Waals surface area (Å²) in [6.07, 6.45) is 3.26. The number of hydrogen-bond donors (Lipinski definition) is 2. The van der Waals surface area contributed by atoms with E-state index < -0.39 is 12.0 Å². The summed E-state index contributed by atoms with van der Waals surface area (Å²) in [7, 11) is 1.93. The summed E-state index contributed by atoms with van der Waals surface area (Å²) in [6.45, 7) is 1.90. The second kappa shape index (κ2) is 6.43. The van der Waals surface area contributed by atoms with Gasteiger partial charge in [-0.05, 0) is 18.1 Å². The standard InChI is InChI=1S/C16H20N2O3/c1-3-6-13(16(20)21)17-15(19)9-11-10-18(2)14-8-5-4-7-12(11)14/h4-5,7-8,10,13H,3,6,9H2,1-2H3,(H,17,19)(H,20,21). The molecule has 5 heteroatoms. The Bertz CT molecular complexity index is 661. The molecule has 0 aliphatic rings. The number of carbonyl (C=O) groups excluding carboxylic acids is 1. The second-order valence-corrected chi connectivity index (χ2v) is 5.21. The van der Waals surface area contributed by atoms with Crippen molar-refractivity contribution in [1.29, 1.82) is 0 Å². The lowest BCUT2D eigenvalue weighted by Crippen LogP contribution is -2.41. The first-order valence-corrected chi connectivity index (χ1v) is 7.08. The minimum Gasteiger partial charge on any atom is -0.480 e. The number of rotatable bonds is 6. The number of benzene rings is 1. The Balaban J connectivity index is 2.13. The van der Waals surface area contributed by atoms with E-state index in [0.717, 1.165) is 16.5 Å². The van der Waals surface area contributed by atoms with Crippen molar-refractivity contribution in [2.24, 2.45) is 7.05 Å². The fourth-order valence-corrected chi connectivity index (χ4v) is 2.53. The number of aromatic nitrogens is 1. The Labute approximate surface area is 123 Å². The molecule has 0 saturated heterocycles. The molecule has 0 aliphatic carbocycles. The van der Waals surface area contributed by atoms with Crippen LogP contribution in [0.15, 0.2) is 30.5 Å². The highest BCUT2D eigenvalue weighted by Gasteiger charge is 2.19. The van der Waals surface area contributed by atoms with E-state index in [-0.39, 0.29) is 12.3 Å². The smallest absolute Gasteiger partial charge is 0.326 e. The van der Waals surface area contributed by atoms with Gasteiger partial charge in [-0.2, -0.15) is 0 Å². The van der Waals surface area contributed by atoms with Gasteiger partial charge in [-0.1, -0.05) is 31.5 Å². The number of hydrogen-bond acceptors (Lipinski definition) is 2. The molecule has 1 amide bonds. The molecule has 2 N–H and O–H groups in total. The predicted octanol–water partition coefficient (Wildman–Crippen LogP) is 2.09. The third-order valence-corrected chi connectivity index (χ3v) is 3.54. The molecule has 112 valence electrons. The first kappa shape index (κ1) is 15.1. The van der Waals surface area contributed by atoms with Crippen LogP contribution in [-0.2, 0) is 23.1 Å². The van der Waals surface area contributed by atoms with Crippen molar-refractivity contribution in [3.63, 3.8) is 0 Å². The molecule has 1 atom stereocenters. The number of para-hydroxylation sites is 1. The summed E-state index contributed by atoms with van der Waals surface area (Å²) in [6, 6.07) is 7.04. The number of fused-ring (bicyclic) bond motifs is 1. The van der Waals surface area contributed by atoms with Crippen LogP contribution in [0.25, 0.3) is 10.9 Å². The molecule has 0 radical (unpaired) electrons. The minimum atomic E-state index is -0.983. The Hall–Kier alpha value is -2.30. The van der Waals surface area contributed by atoms with Crippen molar-refractivity contribution in [1.82, 2.24) is 9.88 Å². The van der Waals surface area contributed by atoms with Gasteiger partial charge in [0.05, 0.1) is 6.42 Å². The van der Waals surface area contributed by atoms with Crippen molar-refractivity contribution in [2.45, 2.75) is 32.2 Å². The van der Waals surface area contributed by atoms with Crippen LogP contribution in [-0.4, -0.2) is 27.6 Å². The Morgan fingerprint density at radius 1 is 1.33 bits per heavy atom. The van der Waals surface area contributed by atoms with Crippen LogP contribution in [0.5, 0.6) is 0 Å². The van der Waals surface area contributed by atoms with Crippen LogP contribution in [0, 0.1) is 0 Å². The van der Waals surface area contributed by atoms with Crippen LogP contribution in [0.1, 0.15) is 25.3 Å². The molecule has 0 fully saturated rings. The SMILES string of the molecule is CCCC(NC(=O)Cc1cn(C)c2ccccc12)C(=O)O. The molecule has 1 unspecified atom stereocenters. The fraction of sp³-hybridized carbons (Fsp3) is 0.375. The molecule has 1 aromatic carbocycles. The van der Waals surface area contributed by atoms with Crippen LogP contribution in [0.3, 0.4) is 0 Å². The third-order valence-electron chi connectivity index (χ3n) is 3.54. The quantitative estimate of drug-likeness (QED) is 0.855. The highest BCUT2D eigenvalue weighted by Crippen LogP contribution is 2.20. The van der Waals surface area contributed by atoms with Crippen LogP contribution < -0.4 is 5.32 Å². The number of carboxylic acids is 1. The van der Waals surface area contributed by atoms with Gasteiger partial charge in [0.25, 0.3) is 0 Å². The van der Waals surface area contributed by atoms with Crippen LogP contribution in [0.4, 0.5) is 0 Å². The van der Waals surface area contributed by atoms with Gasteiger partial charge in [0, 0.05) is 24.1 Å². The highest BCUT2D eigenvalue weighted by molar-refractivity contribution is 5.90. The largest absolute Gasteiger partial charge is 0.480 e. The van der Waals surface area contributed by atoms with Crippen LogP contribution in [0.2, 0.25) is 0 Å². The highest BCUT2D eigenvalue weighted by atomic mass is 16.4. The van der Waals surface area contributed by atoms with E-state index in [4.69, 9.17) is 5.11 Å². The molecule has 5 nitrogen and oxygen atoms in total. The van der Waals surface area contributed by atoms with Gasteiger partial charge in [0.2, 0.25) is 5.91 Å². The van der Waals surface area contributed by atoms with Crippen molar-refractivity contribution in [2.75, 3.05) is 0 Å².